The molecule has 14 heavy (non-hydrogen) atoms. The van der Waals surface area contributed by atoms with Crippen molar-refractivity contribution in [2.75, 3.05) is 0 Å². The van der Waals surface area contributed by atoms with E-state index in [4.69, 9.17) is 5.73 Å². The van der Waals surface area contributed by atoms with Crippen molar-refractivity contribution in [1.82, 2.24) is 5.32 Å². The topological polar surface area (TPSA) is 55.1 Å². The van der Waals surface area contributed by atoms with Crippen molar-refractivity contribution in [2.24, 2.45) is 17.1 Å². The first kappa shape index (κ1) is 13.4. The van der Waals surface area contributed by atoms with Crippen LogP contribution >= 0.6 is 0 Å². The molecule has 0 rings (SSSR count). The fourth-order valence-corrected chi connectivity index (χ4v) is 0.829. The van der Waals surface area contributed by atoms with Gasteiger partial charge in [0.05, 0.1) is 6.04 Å². The van der Waals surface area contributed by atoms with E-state index in [1.165, 1.54) is 0 Å². The molecule has 0 aliphatic carbocycles. The molecular weight excluding hydrogens is 176 g/mol. The fraction of sp³-hybridized carbons (Fsp3) is 0.909. The number of carbonyl (C=O) groups excluding carboxylic acids is 1. The van der Waals surface area contributed by atoms with Gasteiger partial charge < -0.3 is 11.1 Å². The summed E-state index contributed by atoms with van der Waals surface area (Å²) in [5.74, 6) is 0.129. The van der Waals surface area contributed by atoms with Crippen molar-refractivity contribution < 1.29 is 4.79 Å². The highest BCUT2D eigenvalue weighted by molar-refractivity contribution is 5.82. The monoisotopic (exact) mass is 200 g/mol. The Morgan fingerprint density at radius 2 is 1.64 bits per heavy atom. The van der Waals surface area contributed by atoms with E-state index in [1.54, 1.807) is 0 Å². The van der Waals surface area contributed by atoms with Crippen LogP contribution in [0.1, 0.15) is 41.5 Å². The minimum atomic E-state index is -0.403. The van der Waals surface area contributed by atoms with Crippen LogP contribution in [0.5, 0.6) is 0 Å². The van der Waals surface area contributed by atoms with Crippen molar-refractivity contribution in [1.29, 1.82) is 0 Å². The Morgan fingerprint density at radius 1 is 1.21 bits per heavy atom. The first-order valence-corrected chi connectivity index (χ1v) is 5.22. The zero-order valence-corrected chi connectivity index (χ0v) is 10.2. The van der Waals surface area contributed by atoms with Gasteiger partial charge in [0, 0.05) is 6.04 Å². The Morgan fingerprint density at radius 3 is 1.93 bits per heavy atom. The number of rotatable bonds is 3. The number of carbonyl (C=O) groups is 1. The van der Waals surface area contributed by atoms with Crippen molar-refractivity contribution >= 4 is 5.91 Å². The van der Waals surface area contributed by atoms with Crippen molar-refractivity contribution in [3.8, 4) is 0 Å². The molecule has 0 saturated heterocycles. The molecule has 0 aromatic heterocycles. The van der Waals surface area contributed by atoms with Gasteiger partial charge in [0.2, 0.25) is 5.91 Å². The molecule has 0 aliphatic heterocycles. The molecule has 84 valence electrons. The third-order valence-corrected chi connectivity index (χ3v) is 2.68. The van der Waals surface area contributed by atoms with E-state index < -0.39 is 6.04 Å². The first-order valence-electron chi connectivity index (χ1n) is 5.22. The summed E-state index contributed by atoms with van der Waals surface area (Å²) >= 11 is 0. The third kappa shape index (κ3) is 4.09. The SMILES string of the molecule is CC(C)C(N)C(=O)N[C@H](C)C(C)(C)C. The summed E-state index contributed by atoms with van der Waals surface area (Å²) in [7, 11) is 0. The lowest BCUT2D eigenvalue weighted by molar-refractivity contribution is -0.124. The highest BCUT2D eigenvalue weighted by atomic mass is 16.2. The van der Waals surface area contributed by atoms with Gasteiger partial charge in [-0.05, 0) is 18.3 Å². The molecule has 0 aromatic rings. The normalized spacial score (nSPS) is 16.6. The summed E-state index contributed by atoms with van der Waals surface area (Å²) in [6.45, 7) is 12.2. The highest BCUT2D eigenvalue weighted by Gasteiger charge is 2.25. The Bertz CT molecular complexity index is 194. The van der Waals surface area contributed by atoms with Gasteiger partial charge in [-0.1, -0.05) is 34.6 Å². The summed E-state index contributed by atoms with van der Waals surface area (Å²) in [5.41, 5.74) is 5.82. The third-order valence-electron chi connectivity index (χ3n) is 2.68. The molecule has 0 saturated carbocycles. The van der Waals surface area contributed by atoms with Gasteiger partial charge >= 0.3 is 0 Å². The maximum Gasteiger partial charge on any atom is 0.237 e. The lowest BCUT2D eigenvalue weighted by Gasteiger charge is -2.29. The Hall–Kier alpha value is -0.570. The van der Waals surface area contributed by atoms with Gasteiger partial charge in [0.15, 0.2) is 0 Å². The maximum atomic E-state index is 11.6. The van der Waals surface area contributed by atoms with Crippen molar-refractivity contribution in [2.45, 2.75) is 53.6 Å². The van der Waals surface area contributed by atoms with Crippen LogP contribution in [0.15, 0.2) is 0 Å². The standard InChI is InChI=1S/C11H24N2O/c1-7(2)9(12)10(14)13-8(3)11(4,5)6/h7-9H,12H2,1-6H3,(H,13,14)/t8-,9?/m1/s1. The second-order valence-corrected chi connectivity index (χ2v) is 5.37. The zero-order chi connectivity index (χ0) is 11.5. The second kappa shape index (κ2) is 4.78. The molecule has 0 aliphatic rings. The van der Waals surface area contributed by atoms with Crippen LogP contribution in [0.3, 0.4) is 0 Å². The summed E-state index contributed by atoms with van der Waals surface area (Å²) in [6, 6.07) is -0.264. The smallest absolute Gasteiger partial charge is 0.237 e. The molecule has 3 N–H and O–H groups in total. The molecule has 1 amide bonds. The van der Waals surface area contributed by atoms with Crippen molar-refractivity contribution in [3.63, 3.8) is 0 Å². The van der Waals surface area contributed by atoms with Crippen LogP contribution in [-0.2, 0) is 4.79 Å². The van der Waals surface area contributed by atoms with Crippen molar-refractivity contribution in [3.05, 3.63) is 0 Å². The molecule has 0 spiro atoms. The van der Waals surface area contributed by atoms with Gasteiger partial charge in [-0.2, -0.15) is 0 Å². The van der Waals surface area contributed by atoms with Gasteiger partial charge in [0.1, 0.15) is 0 Å². The number of nitrogens with two attached hydrogens (primary N) is 1. The molecule has 0 radical (unpaired) electrons. The van der Waals surface area contributed by atoms with Crippen LogP contribution in [0, 0.1) is 11.3 Å². The highest BCUT2D eigenvalue weighted by Crippen LogP contribution is 2.18. The predicted octanol–water partition coefficient (Wildman–Crippen LogP) is 1.52. The Kier molecular flexibility index (Phi) is 4.59. The molecule has 3 nitrogen and oxygen atoms in total. The van der Waals surface area contributed by atoms with Gasteiger partial charge in [-0.25, -0.2) is 0 Å². The number of nitrogens with one attached hydrogen (secondary N) is 1. The second-order valence-electron chi connectivity index (χ2n) is 5.37. The van der Waals surface area contributed by atoms with E-state index in [1.807, 2.05) is 20.8 Å². The van der Waals surface area contributed by atoms with E-state index in [-0.39, 0.29) is 23.3 Å². The minimum absolute atomic E-state index is 0.0533. The lowest BCUT2D eigenvalue weighted by Crippen LogP contribution is -2.50. The minimum Gasteiger partial charge on any atom is -0.352 e. The summed E-state index contributed by atoms with van der Waals surface area (Å²) < 4.78 is 0. The van der Waals surface area contributed by atoms with Crippen LogP contribution in [0.2, 0.25) is 0 Å². The molecule has 0 fully saturated rings. The van der Waals surface area contributed by atoms with Crippen LogP contribution in [0.25, 0.3) is 0 Å². The maximum absolute atomic E-state index is 11.6. The molecular formula is C11H24N2O. The summed E-state index contributed by atoms with van der Waals surface area (Å²) in [5, 5.41) is 2.94. The molecule has 3 heteroatoms. The summed E-state index contributed by atoms with van der Waals surface area (Å²) in [4.78, 5) is 11.6. The first-order chi connectivity index (χ1) is 6.16. The van der Waals surface area contributed by atoms with Gasteiger partial charge in [-0.3, -0.25) is 4.79 Å². The average molecular weight is 200 g/mol. The predicted molar refractivity (Wildman–Crippen MR) is 59.9 cm³/mol. The van der Waals surface area contributed by atoms with E-state index in [9.17, 15) is 4.79 Å². The van der Waals surface area contributed by atoms with E-state index >= 15 is 0 Å². The molecule has 2 atom stereocenters. The largest absolute Gasteiger partial charge is 0.352 e. The fourth-order valence-electron chi connectivity index (χ4n) is 0.829. The molecule has 0 heterocycles. The Labute approximate surface area is 87.4 Å². The van der Waals surface area contributed by atoms with Gasteiger partial charge in [-0.15, -0.1) is 0 Å². The van der Waals surface area contributed by atoms with Gasteiger partial charge in [0.25, 0.3) is 0 Å². The van der Waals surface area contributed by atoms with E-state index in [0.29, 0.717) is 0 Å². The zero-order valence-electron chi connectivity index (χ0n) is 10.2. The van der Waals surface area contributed by atoms with Crippen LogP contribution < -0.4 is 11.1 Å². The van der Waals surface area contributed by atoms with Crippen LogP contribution in [-0.4, -0.2) is 18.0 Å². The molecule has 0 bridgehead atoms. The quantitative estimate of drug-likeness (QED) is 0.725. The van der Waals surface area contributed by atoms with E-state index in [0.717, 1.165) is 0 Å². The average Bonchev–Trinajstić information content (AvgIpc) is 2.00. The molecule has 1 unspecified atom stereocenters. The molecule has 0 aromatic carbocycles. The van der Waals surface area contributed by atoms with Crippen LogP contribution in [0.4, 0.5) is 0 Å². The summed E-state index contributed by atoms with van der Waals surface area (Å²) in [6.07, 6.45) is 0. The number of hydrogen-bond donors (Lipinski definition) is 2. The lowest BCUT2D eigenvalue weighted by atomic mass is 9.87. The van der Waals surface area contributed by atoms with E-state index in [2.05, 4.69) is 26.1 Å². The Balaban J connectivity index is 4.20. The number of hydrogen-bond acceptors (Lipinski definition) is 2. The number of amides is 1.